The molecule has 0 radical (unpaired) electrons. The molecule has 90 valence electrons. The first-order valence-corrected chi connectivity index (χ1v) is 5.39. The van der Waals surface area contributed by atoms with Crippen LogP contribution in [0.3, 0.4) is 0 Å². The molecule has 0 spiro atoms. The van der Waals surface area contributed by atoms with Gasteiger partial charge in [0.05, 0.1) is 12.8 Å². The molecule has 1 heterocycles. The minimum atomic E-state index is 0.642. The predicted molar refractivity (Wildman–Crippen MR) is 66.0 cm³/mol. The molecular formula is C12H16N4O. The number of hydrogen-bond donors (Lipinski definition) is 1. The van der Waals surface area contributed by atoms with Gasteiger partial charge in [-0.05, 0) is 24.6 Å². The largest absolute Gasteiger partial charge is 0.495 e. The van der Waals surface area contributed by atoms with Gasteiger partial charge < -0.3 is 10.5 Å². The molecule has 1 aromatic heterocycles. The minimum absolute atomic E-state index is 0.642. The highest BCUT2D eigenvalue weighted by Gasteiger charge is 2.07. The summed E-state index contributed by atoms with van der Waals surface area (Å²) in [4.78, 5) is 4.36. The van der Waals surface area contributed by atoms with Crippen LogP contribution in [0.15, 0.2) is 18.2 Å². The Morgan fingerprint density at radius 1 is 1.41 bits per heavy atom. The maximum atomic E-state index is 5.86. The minimum Gasteiger partial charge on any atom is -0.495 e. The molecule has 0 aliphatic heterocycles. The van der Waals surface area contributed by atoms with Crippen molar-refractivity contribution in [3.63, 3.8) is 0 Å². The second-order valence-electron chi connectivity index (χ2n) is 3.95. The van der Waals surface area contributed by atoms with Crippen molar-refractivity contribution in [2.24, 2.45) is 7.05 Å². The van der Waals surface area contributed by atoms with E-state index in [0.717, 1.165) is 17.2 Å². The van der Waals surface area contributed by atoms with Crippen LogP contribution in [0.4, 0.5) is 5.69 Å². The van der Waals surface area contributed by atoms with E-state index in [9.17, 15) is 0 Å². The van der Waals surface area contributed by atoms with Crippen LogP contribution in [0.25, 0.3) is 0 Å². The summed E-state index contributed by atoms with van der Waals surface area (Å²) in [5.41, 5.74) is 7.60. The fraction of sp³-hybridized carbons (Fsp3) is 0.333. The number of nitrogens with zero attached hydrogens (tertiary/aromatic N) is 3. The van der Waals surface area contributed by atoms with Gasteiger partial charge in [-0.25, -0.2) is 4.98 Å². The summed E-state index contributed by atoms with van der Waals surface area (Å²) in [6.07, 6.45) is 0.714. The van der Waals surface area contributed by atoms with E-state index in [4.69, 9.17) is 10.5 Å². The molecule has 5 nitrogen and oxygen atoms in total. The highest BCUT2D eigenvalue weighted by molar-refractivity contribution is 5.54. The van der Waals surface area contributed by atoms with Gasteiger partial charge in [0.2, 0.25) is 0 Å². The Balaban J connectivity index is 2.24. The van der Waals surface area contributed by atoms with Crippen LogP contribution in [-0.2, 0) is 13.5 Å². The van der Waals surface area contributed by atoms with Crippen molar-refractivity contribution in [3.8, 4) is 5.75 Å². The third-order valence-corrected chi connectivity index (χ3v) is 2.62. The van der Waals surface area contributed by atoms with E-state index in [0.29, 0.717) is 17.9 Å². The number of nitrogen functional groups attached to an aromatic ring is 1. The van der Waals surface area contributed by atoms with E-state index in [1.54, 1.807) is 11.8 Å². The lowest BCUT2D eigenvalue weighted by molar-refractivity contribution is 0.417. The van der Waals surface area contributed by atoms with Gasteiger partial charge in [0.1, 0.15) is 17.4 Å². The molecule has 2 N–H and O–H groups in total. The van der Waals surface area contributed by atoms with Gasteiger partial charge in [-0.3, -0.25) is 4.68 Å². The zero-order valence-corrected chi connectivity index (χ0v) is 10.3. The Kier molecular flexibility index (Phi) is 2.99. The molecule has 0 fully saturated rings. The summed E-state index contributed by atoms with van der Waals surface area (Å²) >= 11 is 0. The second-order valence-corrected chi connectivity index (χ2v) is 3.95. The van der Waals surface area contributed by atoms with Gasteiger partial charge in [0.25, 0.3) is 0 Å². The average molecular weight is 232 g/mol. The molecule has 0 saturated carbocycles. The van der Waals surface area contributed by atoms with Crippen molar-refractivity contribution in [2.75, 3.05) is 12.8 Å². The number of aromatic nitrogens is 3. The van der Waals surface area contributed by atoms with E-state index in [-0.39, 0.29) is 0 Å². The molecule has 0 saturated heterocycles. The lowest BCUT2D eigenvalue weighted by Gasteiger charge is -2.06. The van der Waals surface area contributed by atoms with Gasteiger partial charge in [0, 0.05) is 13.5 Å². The van der Waals surface area contributed by atoms with Crippen LogP contribution >= 0.6 is 0 Å². The quantitative estimate of drug-likeness (QED) is 0.810. The predicted octanol–water partition coefficient (Wildman–Crippen LogP) is 1.31. The number of ether oxygens (including phenoxy) is 1. The van der Waals surface area contributed by atoms with E-state index >= 15 is 0 Å². The molecule has 2 rings (SSSR count). The van der Waals surface area contributed by atoms with E-state index < -0.39 is 0 Å². The Labute approximate surface area is 100 Å². The summed E-state index contributed by atoms with van der Waals surface area (Å²) in [6.45, 7) is 1.88. The molecule has 2 aromatic rings. The smallest absolute Gasteiger partial charge is 0.147 e. The van der Waals surface area contributed by atoms with Gasteiger partial charge >= 0.3 is 0 Å². The van der Waals surface area contributed by atoms with Crippen LogP contribution < -0.4 is 10.5 Å². The fourth-order valence-corrected chi connectivity index (χ4v) is 1.79. The van der Waals surface area contributed by atoms with Gasteiger partial charge in [-0.1, -0.05) is 6.07 Å². The first-order chi connectivity index (χ1) is 8.10. The van der Waals surface area contributed by atoms with Gasteiger partial charge in [0.15, 0.2) is 0 Å². The average Bonchev–Trinajstić information content (AvgIpc) is 2.58. The van der Waals surface area contributed by atoms with Crippen LogP contribution in [0, 0.1) is 6.92 Å². The first-order valence-electron chi connectivity index (χ1n) is 5.39. The third kappa shape index (κ3) is 2.38. The molecule has 17 heavy (non-hydrogen) atoms. The zero-order valence-electron chi connectivity index (χ0n) is 10.3. The number of anilines is 1. The number of benzene rings is 1. The van der Waals surface area contributed by atoms with Gasteiger partial charge in [-0.2, -0.15) is 5.10 Å². The van der Waals surface area contributed by atoms with Crippen LogP contribution in [0.5, 0.6) is 5.75 Å². The molecule has 0 aliphatic carbocycles. The van der Waals surface area contributed by atoms with Crippen molar-refractivity contribution in [1.29, 1.82) is 0 Å². The van der Waals surface area contributed by atoms with Crippen LogP contribution in [-0.4, -0.2) is 21.9 Å². The Morgan fingerprint density at radius 2 is 2.18 bits per heavy atom. The summed E-state index contributed by atoms with van der Waals surface area (Å²) in [5.74, 6) is 2.40. The highest BCUT2D eigenvalue weighted by atomic mass is 16.5. The Morgan fingerprint density at radius 3 is 2.71 bits per heavy atom. The van der Waals surface area contributed by atoms with E-state index in [1.165, 1.54) is 0 Å². The summed E-state index contributed by atoms with van der Waals surface area (Å²) in [6, 6.07) is 5.76. The first kappa shape index (κ1) is 11.4. The lowest BCUT2D eigenvalue weighted by Crippen LogP contribution is -2.01. The molecular weight excluding hydrogens is 216 g/mol. The molecule has 5 heteroatoms. The second kappa shape index (κ2) is 4.45. The van der Waals surface area contributed by atoms with E-state index in [1.807, 2.05) is 32.2 Å². The number of hydrogen-bond acceptors (Lipinski definition) is 4. The highest BCUT2D eigenvalue weighted by Crippen LogP contribution is 2.22. The summed E-state index contributed by atoms with van der Waals surface area (Å²) in [5, 5.41) is 4.21. The van der Waals surface area contributed by atoms with Crippen LogP contribution in [0.1, 0.15) is 17.2 Å². The molecule has 0 unspecified atom stereocenters. The maximum absolute atomic E-state index is 5.86. The number of rotatable bonds is 3. The monoisotopic (exact) mass is 232 g/mol. The van der Waals surface area contributed by atoms with E-state index in [2.05, 4.69) is 10.1 Å². The summed E-state index contributed by atoms with van der Waals surface area (Å²) in [7, 11) is 3.50. The molecule has 0 aliphatic rings. The maximum Gasteiger partial charge on any atom is 0.147 e. The topological polar surface area (TPSA) is 66.0 Å². The third-order valence-electron chi connectivity index (χ3n) is 2.62. The Bertz CT molecular complexity index is 533. The van der Waals surface area contributed by atoms with Crippen molar-refractivity contribution >= 4 is 5.69 Å². The Hall–Kier alpha value is -2.04. The molecule has 0 amide bonds. The standard InChI is InChI=1S/C12H16N4O/c1-8-14-12(16(2)15-8)7-9-4-5-11(17-3)10(13)6-9/h4-6H,7,13H2,1-3H3. The van der Waals surface area contributed by atoms with Crippen molar-refractivity contribution in [3.05, 3.63) is 35.4 Å². The zero-order chi connectivity index (χ0) is 12.4. The SMILES string of the molecule is COc1ccc(Cc2nc(C)nn2C)cc1N. The van der Waals surface area contributed by atoms with Gasteiger partial charge in [-0.15, -0.1) is 0 Å². The number of nitrogens with two attached hydrogens (primary N) is 1. The summed E-state index contributed by atoms with van der Waals surface area (Å²) < 4.78 is 6.91. The molecule has 0 bridgehead atoms. The molecule has 0 atom stereocenters. The van der Waals surface area contributed by atoms with Crippen molar-refractivity contribution in [2.45, 2.75) is 13.3 Å². The fourth-order valence-electron chi connectivity index (χ4n) is 1.79. The molecule has 1 aromatic carbocycles. The van der Waals surface area contributed by atoms with Crippen molar-refractivity contribution < 1.29 is 4.74 Å². The van der Waals surface area contributed by atoms with Crippen LogP contribution in [0.2, 0.25) is 0 Å². The lowest BCUT2D eigenvalue weighted by atomic mass is 10.1. The number of aryl methyl sites for hydroxylation is 2. The van der Waals surface area contributed by atoms with Crippen molar-refractivity contribution in [1.82, 2.24) is 14.8 Å². The number of methoxy groups -OCH3 is 1. The normalized spacial score (nSPS) is 10.5.